The maximum absolute atomic E-state index is 3.66. The number of hydrogen-bond donors (Lipinski definition) is 0. The van der Waals surface area contributed by atoms with E-state index in [2.05, 4.69) is 37.4 Å². The topological polar surface area (TPSA) is 0 Å². The molecule has 0 atom stereocenters. The standard InChI is InChI=1S/2C9H10.H2S/c2*1-2-6-9-7-4-3-5-8-9;/h2*2-5,7-8H,1,6H2;1H2. The molecule has 0 unspecified atom stereocenters. The summed E-state index contributed by atoms with van der Waals surface area (Å²) in [5.41, 5.74) is 2.65. The van der Waals surface area contributed by atoms with Gasteiger partial charge in [0.2, 0.25) is 0 Å². The van der Waals surface area contributed by atoms with E-state index in [0.29, 0.717) is 0 Å². The van der Waals surface area contributed by atoms with Gasteiger partial charge in [-0.3, -0.25) is 0 Å². The molecule has 0 fully saturated rings. The van der Waals surface area contributed by atoms with E-state index < -0.39 is 0 Å². The summed E-state index contributed by atoms with van der Waals surface area (Å²) >= 11 is 0. The van der Waals surface area contributed by atoms with Gasteiger partial charge in [0.1, 0.15) is 0 Å². The van der Waals surface area contributed by atoms with Crippen molar-refractivity contribution in [2.24, 2.45) is 0 Å². The Morgan fingerprint density at radius 1 is 0.632 bits per heavy atom. The van der Waals surface area contributed by atoms with Gasteiger partial charge in [-0.2, -0.15) is 13.5 Å². The first-order valence-electron chi connectivity index (χ1n) is 6.16. The van der Waals surface area contributed by atoms with Crippen molar-refractivity contribution in [1.29, 1.82) is 0 Å². The van der Waals surface area contributed by atoms with Gasteiger partial charge in [0.25, 0.3) is 0 Å². The normalized spacial score (nSPS) is 8.42. The Morgan fingerprint density at radius 3 is 1.21 bits per heavy atom. The molecule has 0 aliphatic heterocycles. The van der Waals surface area contributed by atoms with Crippen molar-refractivity contribution in [2.75, 3.05) is 0 Å². The highest BCUT2D eigenvalue weighted by Crippen LogP contribution is 1.99. The summed E-state index contributed by atoms with van der Waals surface area (Å²) in [6.07, 6.45) is 5.77. The Balaban J connectivity index is 0.000000324. The van der Waals surface area contributed by atoms with E-state index in [1.807, 2.05) is 48.6 Å². The smallest absolute Gasteiger partial charge is 0.0100 e. The minimum absolute atomic E-state index is 0. The zero-order valence-corrected chi connectivity index (χ0v) is 12.3. The van der Waals surface area contributed by atoms with Gasteiger partial charge in [0.05, 0.1) is 0 Å². The van der Waals surface area contributed by atoms with Crippen LogP contribution in [0.3, 0.4) is 0 Å². The third-order valence-electron chi connectivity index (χ3n) is 2.45. The van der Waals surface area contributed by atoms with Gasteiger partial charge < -0.3 is 0 Å². The zero-order valence-electron chi connectivity index (χ0n) is 11.3. The molecule has 0 aliphatic rings. The highest BCUT2D eigenvalue weighted by atomic mass is 32.1. The van der Waals surface area contributed by atoms with Crippen molar-refractivity contribution in [2.45, 2.75) is 12.8 Å². The van der Waals surface area contributed by atoms with Gasteiger partial charge >= 0.3 is 0 Å². The SMILES string of the molecule is C=CCc1ccccc1.C=CCc1ccccc1.S. The molecule has 0 bridgehead atoms. The summed E-state index contributed by atoms with van der Waals surface area (Å²) in [4.78, 5) is 0. The van der Waals surface area contributed by atoms with E-state index in [9.17, 15) is 0 Å². The molecule has 2 rings (SSSR count). The second-order valence-electron chi connectivity index (χ2n) is 3.96. The minimum atomic E-state index is 0. The molecule has 1 heteroatoms. The van der Waals surface area contributed by atoms with Crippen molar-refractivity contribution in [3.8, 4) is 0 Å². The van der Waals surface area contributed by atoms with Crippen LogP contribution in [0.25, 0.3) is 0 Å². The fourth-order valence-corrected chi connectivity index (χ4v) is 1.56. The van der Waals surface area contributed by atoms with Crippen LogP contribution in [0, 0.1) is 0 Å². The third-order valence-corrected chi connectivity index (χ3v) is 2.45. The first kappa shape index (κ1) is 17.3. The van der Waals surface area contributed by atoms with E-state index in [1.54, 1.807) is 0 Å². The number of allylic oxidation sites excluding steroid dienone is 2. The first-order valence-corrected chi connectivity index (χ1v) is 6.16. The van der Waals surface area contributed by atoms with Crippen molar-refractivity contribution >= 4 is 13.5 Å². The monoisotopic (exact) mass is 270 g/mol. The van der Waals surface area contributed by atoms with Gasteiger partial charge in [0, 0.05) is 0 Å². The van der Waals surface area contributed by atoms with Gasteiger partial charge in [-0.05, 0) is 24.0 Å². The molecule has 100 valence electrons. The third kappa shape index (κ3) is 8.06. The molecule has 0 spiro atoms. The molecular weight excluding hydrogens is 248 g/mol. The molecule has 19 heavy (non-hydrogen) atoms. The molecule has 2 aromatic rings. The van der Waals surface area contributed by atoms with Gasteiger partial charge in [-0.25, -0.2) is 0 Å². The quantitative estimate of drug-likeness (QED) is 0.690. The molecular formula is C18H22S. The van der Waals surface area contributed by atoms with Crippen molar-refractivity contribution < 1.29 is 0 Å². The van der Waals surface area contributed by atoms with E-state index in [4.69, 9.17) is 0 Å². The lowest BCUT2D eigenvalue weighted by Crippen LogP contribution is -1.75. The summed E-state index contributed by atoms with van der Waals surface area (Å²) in [5.74, 6) is 0. The summed E-state index contributed by atoms with van der Waals surface area (Å²) in [6.45, 7) is 7.31. The maximum atomic E-state index is 3.66. The predicted molar refractivity (Wildman–Crippen MR) is 91.1 cm³/mol. The molecule has 0 amide bonds. The molecule has 0 radical (unpaired) electrons. The molecule has 0 N–H and O–H groups in total. The van der Waals surface area contributed by atoms with Crippen LogP contribution in [0.1, 0.15) is 11.1 Å². The minimum Gasteiger partial charge on any atom is -0.197 e. The molecule has 0 saturated heterocycles. The average Bonchev–Trinajstić information content (AvgIpc) is 2.43. The van der Waals surface area contributed by atoms with Crippen molar-refractivity contribution in [1.82, 2.24) is 0 Å². The van der Waals surface area contributed by atoms with E-state index >= 15 is 0 Å². The van der Waals surface area contributed by atoms with Gasteiger partial charge in [-0.15, -0.1) is 13.2 Å². The molecule has 0 aromatic heterocycles. The summed E-state index contributed by atoms with van der Waals surface area (Å²) in [5, 5.41) is 0. The average molecular weight is 270 g/mol. The van der Waals surface area contributed by atoms with Crippen molar-refractivity contribution in [3.63, 3.8) is 0 Å². The maximum Gasteiger partial charge on any atom is -0.0100 e. The molecule has 0 heterocycles. The first-order chi connectivity index (χ1) is 8.86. The van der Waals surface area contributed by atoms with Crippen LogP contribution < -0.4 is 0 Å². The van der Waals surface area contributed by atoms with Gasteiger partial charge in [0.15, 0.2) is 0 Å². The van der Waals surface area contributed by atoms with E-state index in [0.717, 1.165) is 12.8 Å². The summed E-state index contributed by atoms with van der Waals surface area (Å²) < 4.78 is 0. The zero-order chi connectivity index (χ0) is 13.1. The Hall–Kier alpha value is -1.73. The Morgan fingerprint density at radius 2 is 0.947 bits per heavy atom. The highest BCUT2D eigenvalue weighted by Gasteiger charge is 1.82. The lowest BCUT2D eigenvalue weighted by atomic mass is 10.2. The lowest BCUT2D eigenvalue weighted by molar-refractivity contribution is 1.28. The Labute approximate surface area is 123 Å². The van der Waals surface area contributed by atoms with Gasteiger partial charge in [-0.1, -0.05) is 72.8 Å². The van der Waals surface area contributed by atoms with Crippen LogP contribution in [0.2, 0.25) is 0 Å². The summed E-state index contributed by atoms with van der Waals surface area (Å²) in [7, 11) is 0. The summed E-state index contributed by atoms with van der Waals surface area (Å²) in [6, 6.07) is 20.6. The van der Waals surface area contributed by atoms with E-state index in [-0.39, 0.29) is 13.5 Å². The second kappa shape index (κ2) is 11.4. The van der Waals surface area contributed by atoms with Crippen LogP contribution in [-0.2, 0) is 12.8 Å². The molecule has 0 nitrogen and oxygen atoms in total. The fourth-order valence-electron chi connectivity index (χ4n) is 1.56. The number of hydrogen-bond acceptors (Lipinski definition) is 0. The number of benzene rings is 2. The Bertz CT molecular complexity index is 400. The van der Waals surface area contributed by atoms with Crippen LogP contribution >= 0.6 is 13.5 Å². The van der Waals surface area contributed by atoms with Crippen LogP contribution in [0.15, 0.2) is 86.0 Å². The molecule has 2 aromatic carbocycles. The fraction of sp³-hybridized carbons (Fsp3) is 0.111. The highest BCUT2D eigenvalue weighted by molar-refractivity contribution is 7.59. The molecule has 0 saturated carbocycles. The van der Waals surface area contributed by atoms with Crippen LogP contribution in [0.5, 0.6) is 0 Å². The molecule has 0 aliphatic carbocycles. The number of rotatable bonds is 4. The predicted octanol–water partition coefficient (Wildman–Crippen LogP) is 4.94. The Kier molecular flexibility index (Phi) is 10.3. The second-order valence-corrected chi connectivity index (χ2v) is 3.96. The van der Waals surface area contributed by atoms with Crippen LogP contribution in [0.4, 0.5) is 0 Å². The lowest BCUT2D eigenvalue weighted by Gasteiger charge is -1.91. The largest absolute Gasteiger partial charge is 0.197 e. The van der Waals surface area contributed by atoms with Crippen molar-refractivity contribution in [3.05, 3.63) is 97.1 Å². The van der Waals surface area contributed by atoms with E-state index in [1.165, 1.54) is 11.1 Å². The van der Waals surface area contributed by atoms with Crippen LogP contribution in [-0.4, -0.2) is 0 Å².